The van der Waals surface area contributed by atoms with Gasteiger partial charge in [0.05, 0.1) is 39.3 Å². The first-order chi connectivity index (χ1) is 16.3. The number of alkyl halides is 6. The molecule has 1 N–H and O–H groups in total. The third-order valence-electron chi connectivity index (χ3n) is 5.02. The Morgan fingerprint density at radius 3 is 2.03 bits per heavy atom. The molecule has 4 rings (SSSR count). The maximum absolute atomic E-state index is 13.5. The third-order valence-corrected chi connectivity index (χ3v) is 5.52. The van der Waals surface area contributed by atoms with Crippen LogP contribution in [0.15, 0.2) is 65.5 Å². The van der Waals surface area contributed by atoms with Crippen molar-refractivity contribution in [2.24, 2.45) is 0 Å². The molecule has 0 unspecified atom stereocenters. The monoisotopic (exact) mass is 531 g/mol. The first-order valence-corrected chi connectivity index (χ1v) is 10.6. The van der Waals surface area contributed by atoms with E-state index in [4.69, 9.17) is 23.2 Å². The summed E-state index contributed by atoms with van der Waals surface area (Å²) < 4.78 is 81.5. The van der Waals surface area contributed by atoms with E-state index in [2.05, 4.69) is 10.3 Å². The van der Waals surface area contributed by atoms with Gasteiger partial charge in [0.15, 0.2) is 0 Å². The SMILES string of the molecule is O=c1c2cc(Cl)cc(Cl)c2nc(CNc2ccccc2)n1-c1cc(C(F)(F)F)cc(C(F)(F)F)c1. The van der Waals surface area contributed by atoms with Crippen LogP contribution in [0.4, 0.5) is 32.0 Å². The first kappa shape index (κ1) is 24.9. The van der Waals surface area contributed by atoms with Gasteiger partial charge in [-0.3, -0.25) is 9.36 Å². The quantitative estimate of drug-likeness (QED) is 0.280. The molecular formula is C23H13Cl2F6N3O. The zero-order valence-corrected chi connectivity index (χ0v) is 18.8. The Hall–Kier alpha value is -3.24. The van der Waals surface area contributed by atoms with E-state index in [1.807, 2.05) is 0 Å². The van der Waals surface area contributed by atoms with Crippen molar-refractivity contribution in [2.45, 2.75) is 18.9 Å². The lowest BCUT2D eigenvalue weighted by Crippen LogP contribution is -2.26. The Morgan fingerprint density at radius 1 is 0.857 bits per heavy atom. The molecule has 182 valence electrons. The molecule has 0 radical (unpaired) electrons. The van der Waals surface area contributed by atoms with Crippen molar-refractivity contribution in [3.8, 4) is 5.69 Å². The zero-order valence-electron chi connectivity index (χ0n) is 17.3. The number of nitrogens with zero attached hydrogens (tertiary/aromatic N) is 2. The molecule has 0 saturated carbocycles. The highest BCUT2D eigenvalue weighted by molar-refractivity contribution is 6.38. The Bertz CT molecular complexity index is 1430. The van der Waals surface area contributed by atoms with Crippen LogP contribution in [0.25, 0.3) is 16.6 Å². The fourth-order valence-electron chi connectivity index (χ4n) is 3.45. The number of para-hydroxylation sites is 1. The molecule has 0 spiro atoms. The summed E-state index contributed by atoms with van der Waals surface area (Å²) in [5, 5.41) is 2.82. The van der Waals surface area contributed by atoms with Gasteiger partial charge in [-0.15, -0.1) is 0 Å². The average Bonchev–Trinajstić information content (AvgIpc) is 2.77. The topological polar surface area (TPSA) is 46.9 Å². The van der Waals surface area contributed by atoms with E-state index < -0.39 is 34.7 Å². The lowest BCUT2D eigenvalue weighted by Gasteiger charge is -2.19. The summed E-state index contributed by atoms with van der Waals surface area (Å²) in [6, 6.07) is 12.0. The number of hydrogen-bond donors (Lipinski definition) is 1. The normalized spacial score (nSPS) is 12.2. The summed E-state index contributed by atoms with van der Waals surface area (Å²) in [6.45, 7) is -0.217. The Morgan fingerprint density at radius 2 is 1.46 bits per heavy atom. The number of benzene rings is 3. The first-order valence-electron chi connectivity index (χ1n) is 9.84. The van der Waals surface area contributed by atoms with Gasteiger partial charge in [0, 0.05) is 10.7 Å². The van der Waals surface area contributed by atoms with Crippen molar-refractivity contribution in [3.63, 3.8) is 0 Å². The molecule has 4 aromatic rings. The number of rotatable bonds is 4. The molecule has 0 aliphatic heterocycles. The minimum atomic E-state index is -5.10. The third kappa shape index (κ3) is 5.23. The predicted molar refractivity (Wildman–Crippen MR) is 121 cm³/mol. The van der Waals surface area contributed by atoms with Gasteiger partial charge in [0.1, 0.15) is 5.82 Å². The summed E-state index contributed by atoms with van der Waals surface area (Å²) in [5.41, 5.74) is -4.15. The minimum Gasteiger partial charge on any atom is -0.378 e. The largest absolute Gasteiger partial charge is 0.416 e. The molecule has 0 fully saturated rings. The molecule has 12 heteroatoms. The van der Waals surface area contributed by atoms with Gasteiger partial charge in [0.25, 0.3) is 5.56 Å². The number of aromatic nitrogens is 2. The van der Waals surface area contributed by atoms with E-state index in [0.717, 1.165) is 0 Å². The molecule has 4 nitrogen and oxygen atoms in total. The fraction of sp³-hybridized carbons (Fsp3) is 0.130. The number of anilines is 1. The van der Waals surface area contributed by atoms with Crippen molar-refractivity contribution < 1.29 is 26.3 Å². The van der Waals surface area contributed by atoms with Gasteiger partial charge in [-0.2, -0.15) is 26.3 Å². The second kappa shape index (κ2) is 9.09. The van der Waals surface area contributed by atoms with E-state index in [0.29, 0.717) is 22.4 Å². The second-order valence-electron chi connectivity index (χ2n) is 7.44. The number of hydrogen-bond acceptors (Lipinski definition) is 3. The summed E-state index contributed by atoms with van der Waals surface area (Å²) in [6.07, 6.45) is -10.2. The van der Waals surface area contributed by atoms with Gasteiger partial charge in [-0.05, 0) is 42.5 Å². The van der Waals surface area contributed by atoms with E-state index in [-0.39, 0.29) is 39.4 Å². The van der Waals surface area contributed by atoms with Crippen LogP contribution < -0.4 is 10.9 Å². The summed E-state index contributed by atoms with van der Waals surface area (Å²) in [4.78, 5) is 17.7. The predicted octanol–water partition coefficient (Wildman–Crippen LogP) is 7.34. The Balaban J connectivity index is 2.01. The molecule has 0 saturated heterocycles. The standard InChI is InChI=1S/C23H13Cl2F6N3O/c24-14-9-17-20(18(25)10-14)33-19(11-32-15-4-2-1-3-5-15)34(21(17)35)16-7-12(22(26,27)28)6-13(8-16)23(29,30)31/h1-10,32H,11H2. The summed E-state index contributed by atoms with van der Waals surface area (Å²) >= 11 is 12.2. The second-order valence-corrected chi connectivity index (χ2v) is 8.28. The van der Waals surface area contributed by atoms with Gasteiger partial charge in [-0.25, -0.2) is 4.98 Å². The van der Waals surface area contributed by atoms with Gasteiger partial charge in [-0.1, -0.05) is 41.4 Å². The highest BCUT2D eigenvalue weighted by atomic mass is 35.5. The van der Waals surface area contributed by atoms with Crippen molar-refractivity contribution in [1.29, 1.82) is 0 Å². The van der Waals surface area contributed by atoms with E-state index >= 15 is 0 Å². The van der Waals surface area contributed by atoms with Crippen molar-refractivity contribution in [3.05, 3.63) is 98.0 Å². The Kier molecular flexibility index (Phi) is 6.46. The summed E-state index contributed by atoms with van der Waals surface area (Å²) in [5.74, 6) is -0.164. The molecule has 0 atom stereocenters. The van der Waals surface area contributed by atoms with E-state index in [1.165, 1.54) is 12.1 Å². The van der Waals surface area contributed by atoms with Gasteiger partial charge >= 0.3 is 12.4 Å². The van der Waals surface area contributed by atoms with Crippen LogP contribution in [0, 0.1) is 0 Å². The highest BCUT2D eigenvalue weighted by Gasteiger charge is 2.37. The molecule has 0 aliphatic rings. The van der Waals surface area contributed by atoms with Crippen LogP contribution in [0.5, 0.6) is 0 Å². The molecule has 3 aromatic carbocycles. The van der Waals surface area contributed by atoms with Gasteiger partial charge in [0.2, 0.25) is 0 Å². The lowest BCUT2D eigenvalue weighted by molar-refractivity contribution is -0.143. The van der Waals surface area contributed by atoms with Crippen LogP contribution >= 0.6 is 23.2 Å². The highest BCUT2D eigenvalue weighted by Crippen LogP contribution is 2.37. The van der Waals surface area contributed by atoms with Crippen molar-refractivity contribution in [2.75, 3.05) is 5.32 Å². The van der Waals surface area contributed by atoms with Crippen LogP contribution in [-0.2, 0) is 18.9 Å². The van der Waals surface area contributed by atoms with Crippen molar-refractivity contribution in [1.82, 2.24) is 9.55 Å². The molecule has 0 aliphatic carbocycles. The molecule has 35 heavy (non-hydrogen) atoms. The van der Waals surface area contributed by atoms with Crippen LogP contribution in [0.3, 0.4) is 0 Å². The zero-order chi connectivity index (χ0) is 25.5. The molecule has 0 bridgehead atoms. The number of nitrogens with one attached hydrogen (secondary N) is 1. The molecule has 0 amide bonds. The molecule has 1 aromatic heterocycles. The van der Waals surface area contributed by atoms with E-state index in [9.17, 15) is 31.1 Å². The van der Waals surface area contributed by atoms with Gasteiger partial charge < -0.3 is 5.32 Å². The number of fused-ring (bicyclic) bond motifs is 1. The maximum atomic E-state index is 13.5. The molecule has 1 heterocycles. The average molecular weight is 532 g/mol. The smallest absolute Gasteiger partial charge is 0.378 e. The fourth-order valence-corrected chi connectivity index (χ4v) is 3.98. The van der Waals surface area contributed by atoms with E-state index in [1.54, 1.807) is 30.3 Å². The van der Waals surface area contributed by atoms with Crippen LogP contribution in [0.1, 0.15) is 17.0 Å². The Labute approximate surface area is 203 Å². The van der Waals surface area contributed by atoms with Crippen molar-refractivity contribution >= 4 is 39.8 Å². The van der Waals surface area contributed by atoms with Crippen LogP contribution in [0.2, 0.25) is 10.0 Å². The number of halogens is 8. The maximum Gasteiger partial charge on any atom is 0.416 e. The van der Waals surface area contributed by atoms with Crippen LogP contribution in [-0.4, -0.2) is 9.55 Å². The minimum absolute atomic E-state index is 0.00210. The lowest BCUT2D eigenvalue weighted by atomic mass is 10.1. The molecular weight excluding hydrogens is 519 g/mol. The summed E-state index contributed by atoms with van der Waals surface area (Å²) in [7, 11) is 0.